The zero-order chi connectivity index (χ0) is 24.1. The summed E-state index contributed by atoms with van der Waals surface area (Å²) in [5.41, 5.74) is 4.55. The summed E-state index contributed by atoms with van der Waals surface area (Å²) >= 11 is 0. The first-order valence-electron chi connectivity index (χ1n) is 11.3. The van der Waals surface area contributed by atoms with Crippen LogP contribution in [-0.4, -0.2) is 41.8 Å². The molecule has 0 aliphatic heterocycles. The molecule has 33 heavy (non-hydrogen) atoms. The Kier molecular flexibility index (Phi) is 7.74. The number of amides is 2. The summed E-state index contributed by atoms with van der Waals surface area (Å²) in [5, 5.41) is 14.6. The minimum Gasteiger partial charge on any atom is -0.480 e. The average molecular weight is 453 g/mol. The molecule has 2 aromatic rings. The number of ether oxygens (including phenoxy) is 1. The number of aliphatic carboxylic acids is 1. The Morgan fingerprint density at radius 3 is 1.91 bits per heavy atom. The number of fused-ring (bicyclic) bond motifs is 3. The molecule has 0 saturated heterocycles. The molecule has 0 bridgehead atoms. The highest BCUT2D eigenvalue weighted by Crippen LogP contribution is 2.44. The number of hydrogen-bond acceptors (Lipinski definition) is 4. The molecule has 176 valence electrons. The van der Waals surface area contributed by atoms with Gasteiger partial charge in [0.05, 0.1) is 0 Å². The summed E-state index contributed by atoms with van der Waals surface area (Å²) in [5.74, 6) is -1.85. The molecule has 2 atom stereocenters. The molecule has 1 aliphatic rings. The second-order valence-corrected chi connectivity index (χ2v) is 9.15. The fraction of sp³-hybridized carbons (Fsp3) is 0.423. The smallest absolute Gasteiger partial charge is 0.407 e. The normalized spacial score (nSPS) is 14.4. The van der Waals surface area contributed by atoms with Gasteiger partial charge in [0.2, 0.25) is 5.91 Å². The summed E-state index contributed by atoms with van der Waals surface area (Å²) < 4.78 is 5.58. The highest BCUT2D eigenvalue weighted by atomic mass is 16.5. The van der Waals surface area contributed by atoms with E-state index in [1.165, 1.54) is 0 Å². The minimum absolute atomic E-state index is 0.0294. The zero-order valence-electron chi connectivity index (χ0n) is 19.5. The van der Waals surface area contributed by atoms with Crippen molar-refractivity contribution in [2.45, 2.75) is 52.1 Å². The molecule has 0 aromatic heterocycles. The van der Waals surface area contributed by atoms with Crippen LogP contribution in [0.2, 0.25) is 0 Å². The first kappa shape index (κ1) is 24.3. The van der Waals surface area contributed by atoms with Crippen molar-refractivity contribution in [1.82, 2.24) is 10.6 Å². The van der Waals surface area contributed by atoms with Crippen LogP contribution in [-0.2, 0) is 14.3 Å². The van der Waals surface area contributed by atoms with Gasteiger partial charge >= 0.3 is 12.1 Å². The van der Waals surface area contributed by atoms with Gasteiger partial charge in [-0.25, -0.2) is 9.59 Å². The fourth-order valence-electron chi connectivity index (χ4n) is 4.19. The zero-order valence-corrected chi connectivity index (χ0v) is 19.5. The number of carboxylic acid groups (broad SMARTS) is 1. The van der Waals surface area contributed by atoms with E-state index in [0.717, 1.165) is 22.3 Å². The molecule has 0 unspecified atom stereocenters. The minimum atomic E-state index is -1.08. The van der Waals surface area contributed by atoms with Gasteiger partial charge in [0, 0.05) is 18.4 Å². The van der Waals surface area contributed by atoms with Crippen molar-refractivity contribution in [1.29, 1.82) is 0 Å². The summed E-state index contributed by atoms with van der Waals surface area (Å²) in [6, 6.07) is 14.7. The maximum absolute atomic E-state index is 12.6. The highest BCUT2D eigenvalue weighted by Gasteiger charge is 2.30. The molecule has 3 rings (SSSR count). The van der Waals surface area contributed by atoms with Gasteiger partial charge in [0.1, 0.15) is 12.6 Å². The van der Waals surface area contributed by atoms with E-state index in [1.54, 1.807) is 13.8 Å². The number of hydrogen-bond donors (Lipinski definition) is 3. The predicted molar refractivity (Wildman–Crippen MR) is 126 cm³/mol. The van der Waals surface area contributed by atoms with Crippen molar-refractivity contribution in [3.8, 4) is 11.1 Å². The summed E-state index contributed by atoms with van der Waals surface area (Å²) in [4.78, 5) is 36.4. The molecule has 7 heteroatoms. The van der Waals surface area contributed by atoms with E-state index in [4.69, 9.17) is 4.74 Å². The van der Waals surface area contributed by atoms with Crippen LogP contribution in [0.25, 0.3) is 11.1 Å². The van der Waals surface area contributed by atoms with Gasteiger partial charge in [0.25, 0.3) is 0 Å². The Bertz CT molecular complexity index is 972. The lowest BCUT2D eigenvalue weighted by Crippen LogP contribution is -2.48. The fourth-order valence-corrected chi connectivity index (χ4v) is 4.19. The maximum Gasteiger partial charge on any atom is 0.407 e. The summed E-state index contributed by atoms with van der Waals surface area (Å²) in [6.45, 7) is 7.42. The van der Waals surface area contributed by atoms with E-state index >= 15 is 0 Å². The SMILES string of the molecule is CC(C)[C@H](CC(=O)N[C@H](C(=O)O)C(C)C)NC(=O)OCC1c2ccccc2-c2ccccc21. The first-order chi connectivity index (χ1) is 15.7. The summed E-state index contributed by atoms with van der Waals surface area (Å²) in [6.07, 6.45) is -0.625. The van der Waals surface area contributed by atoms with Gasteiger partial charge in [-0.2, -0.15) is 0 Å². The van der Waals surface area contributed by atoms with E-state index in [0.29, 0.717) is 0 Å². The highest BCUT2D eigenvalue weighted by molar-refractivity contribution is 5.84. The standard InChI is InChI=1S/C26H32N2O5/c1-15(2)22(13-23(29)28-24(16(3)4)25(30)31)27-26(32)33-14-21-19-11-7-5-9-17(19)18-10-6-8-12-20(18)21/h5-12,15-16,21-22,24H,13-14H2,1-4H3,(H,27,32)(H,28,29)(H,30,31)/t22-,24-/m0/s1. The van der Waals surface area contributed by atoms with Crippen LogP contribution < -0.4 is 10.6 Å². The molecule has 3 N–H and O–H groups in total. The maximum atomic E-state index is 12.6. The van der Waals surface area contributed by atoms with Gasteiger partial charge in [-0.1, -0.05) is 76.2 Å². The van der Waals surface area contributed by atoms with Crippen molar-refractivity contribution in [3.63, 3.8) is 0 Å². The lowest BCUT2D eigenvalue weighted by molar-refractivity contribution is -0.143. The van der Waals surface area contributed by atoms with Gasteiger partial charge in [-0.3, -0.25) is 4.79 Å². The van der Waals surface area contributed by atoms with E-state index in [1.807, 2.05) is 38.1 Å². The third-order valence-electron chi connectivity index (χ3n) is 6.11. The third-order valence-corrected chi connectivity index (χ3v) is 6.11. The Labute approximate surface area is 194 Å². The molecule has 1 aliphatic carbocycles. The number of carbonyl (C=O) groups is 3. The average Bonchev–Trinajstić information content (AvgIpc) is 3.09. The molecule has 0 fully saturated rings. The number of carboxylic acids is 1. The largest absolute Gasteiger partial charge is 0.480 e. The molecule has 0 spiro atoms. The van der Waals surface area contributed by atoms with E-state index in [9.17, 15) is 19.5 Å². The Morgan fingerprint density at radius 2 is 1.42 bits per heavy atom. The van der Waals surface area contributed by atoms with Crippen LogP contribution in [0, 0.1) is 11.8 Å². The van der Waals surface area contributed by atoms with E-state index < -0.39 is 30.1 Å². The predicted octanol–water partition coefficient (Wildman–Crippen LogP) is 4.17. The number of rotatable bonds is 9. The molecule has 2 amide bonds. The first-order valence-corrected chi connectivity index (χ1v) is 11.3. The molecule has 0 heterocycles. The van der Waals surface area contributed by atoms with Gasteiger partial charge in [-0.05, 0) is 34.1 Å². The lowest BCUT2D eigenvalue weighted by Gasteiger charge is -2.24. The Balaban J connectivity index is 1.61. The van der Waals surface area contributed by atoms with Crippen molar-refractivity contribution < 1.29 is 24.2 Å². The van der Waals surface area contributed by atoms with Gasteiger partial charge < -0.3 is 20.5 Å². The van der Waals surface area contributed by atoms with Crippen molar-refractivity contribution >= 4 is 18.0 Å². The Morgan fingerprint density at radius 1 is 0.879 bits per heavy atom. The van der Waals surface area contributed by atoms with Crippen LogP contribution in [0.5, 0.6) is 0 Å². The topological polar surface area (TPSA) is 105 Å². The van der Waals surface area contributed by atoms with Crippen LogP contribution in [0.3, 0.4) is 0 Å². The van der Waals surface area contributed by atoms with Crippen LogP contribution in [0.4, 0.5) is 4.79 Å². The van der Waals surface area contributed by atoms with Crippen LogP contribution in [0.15, 0.2) is 48.5 Å². The van der Waals surface area contributed by atoms with Crippen molar-refractivity contribution in [2.75, 3.05) is 6.61 Å². The van der Waals surface area contributed by atoms with Gasteiger partial charge in [-0.15, -0.1) is 0 Å². The number of alkyl carbamates (subject to hydrolysis) is 1. The molecular formula is C26H32N2O5. The van der Waals surface area contributed by atoms with Crippen LogP contribution in [0.1, 0.15) is 51.2 Å². The Hall–Kier alpha value is -3.35. The molecule has 0 saturated carbocycles. The molecule has 2 aromatic carbocycles. The monoisotopic (exact) mass is 452 g/mol. The molecule has 0 radical (unpaired) electrons. The molecular weight excluding hydrogens is 420 g/mol. The third kappa shape index (κ3) is 5.72. The quantitative estimate of drug-likeness (QED) is 0.530. The van der Waals surface area contributed by atoms with E-state index in [2.05, 4.69) is 34.9 Å². The van der Waals surface area contributed by atoms with Crippen molar-refractivity contribution in [3.05, 3.63) is 59.7 Å². The lowest BCUT2D eigenvalue weighted by atomic mass is 9.98. The second-order valence-electron chi connectivity index (χ2n) is 9.15. The van der Waals surface area contributed by atoms with Crippen molar-refractivity contribution in [2.24, 2.45) is 11.8 Å². The number of benzene rings is 2. The second kappa shape index (κ2) is 10.5. The molecule has 7 nitrogen and oxygen atoms in total. The summed E-state index contributed by atoms with van der Waals surface area (Å²) in [7, 11) is 0. The number of carbonyl (C=O) groups excluding carboxylic acids is 2. The van der Waals surface area contributed by atoms with E-state index in [-0.39, 0.29) is 30.8 Å². The van der Waals surface area contributed by atoms with Gasteiger partial charge in [0.15, 0.2) is 0 Å². The number of nitrogens with one attached hydrogen (secondary N) is 2. The van der Waals surface area contributed by atoms with Crippen LogP contribution >= 0.6 is 0 Å².